The summed E-state index contributed by atoms with van der Waals surface area (Å²) in [7, 11) is 2.06. The highest BCUT2D eigenvalue weighted by molar-refractivity contribution is 7.99. The molecule has 0 saturated heterocycles. The molecule has 66 valence electrons. The van der Waals surface area contributed by atoms with Crippen LogP contribution in [0.15, 0.2) is 0 Å². The molecule has 1 aliphatic carbocycles. The first-order valence-electron chi connectivity index (χ1n) is 4.54. The fraction of sp³-hybridized carbons (Fsp3) is 1.00. The molecule has 0 aromatic heterocycles. The average molecular weight is 173 g/mol. The van der Waals surface area contributed by atoms with Gasteiger partial charge in [-0.2, -0.15) is 11.8 Å². The molecule has 1 saturated carbocycles. The summed E-state index contributed by atoms with van der Waals surface area (Å²) in [6.45, 7) is 1.22. The van der Waals surface area contributed by atoms with Crippen LogP contribution >= 0.6 is 11.8 Å². The number of nitrogens with one attached hydrogen (secondary N) is 1. The van der Waals surface area contributed by atoms with E-state index in [2.05, 4.69) is 18.6 Å². The smallest absolute Gasteiger partial charge is 0.00445 e. The summed E-state index contributed by atoms with van der Waals surface area (Å²) < 4.78 is 0. The van der Waals surface area contributed by atoms with E-state index in [1.54, 1.807) is 0 Å². The van der Waals surface area contributed by atoms with E-state index in [0.29, 0.717) is 0 Å². The monoisotopic (exact) mass is 173 g/mol. The highest BCUT2D eigenvalue weighted by atomic mass is 32.2. The Bertz CT molecular complexity index is 97.7. The largest absolute Gasteiger partial charge is 0.319 e. The SMILES string of the molecule is CNCC1CCC(SC)CC1. The van der Waals surface area contributed by atoms with E-state index in [4.69, 9.17) is 0 Å². The van der Waals surface area contributed by atoms with E-state index < -0.39 is 0 Å². The lowest BCUT2D eigenvalue weighted by molar-refractivity contribution is 0.356. The molecule has 0 radical (unpaired) electrons. The summed E-state index contributed by atoms with van der Waals surface area (Å²) in [4.78, 5) is 0. The highest BCUT2D eigenvalue weighted by Crippen LogP contribution is 2.29. The molecule has 11 heavy (non-hydrogen) atoms. The van der Waals surface area contributed by atoms with Crippen LogP contribution in [0.4, 0.5) is 0 Å². The zero-order chi connectivity index (χ0) is 8.10. The van der Waals surface area contributed by atoms with Crippen LogP contribution in [0.25, 0.3) is 0 Å². The fourth-order valence-electron chi connectivity index (χ4n) is 1.86. The van der Waals surface area contributed by atoms with Gasteiger partial charge in [0.1, 0.15) is 0 Å². The molecule has 0 atom stereocenters. The van der Waals surface area contributed by atoms with Gasteiger partial charge in [-0.3, -0.25) is 0 Å². The molecule has 0 heterocycles. The quantitative estimate of drug-likeness (QED) is 0.701. The molecule has 0 spiro atoms. The first-order chi connectivity index (χ1) is 5.36. The average Bonchev–Trinajstić information content (AvgIpc) is 2.07. The first kappa shape index (κ1) is 9.40. The third-order valence-electron chi connectivity index (χ3n) is 2.62. The van der Waals surface area contributed by atoms with E-state index in [1.165, 1.54) is 32.2 Å². The van der Waals surface area contributed by atoms with Crippen LogP contribution in [0.2, 0.25) is 0 Å². The Balaban J connectivity index is 2.14. The maximum atomic E-state index is 3.26. The van der Waals surface area contributed by atoms with Crippen LogP contribution in [0, 0.1) is 5.92 Å². The number of hydrogen-bond donors (Lipinski definition) is 1. The Morgan fingerprint density at radius 2 is 1.91 bits per heavy atom. The molecule has 1 fully saturated rings. The Morgan fingerprint density at radius 1 is 1.27 bits per heavy atom. The zero-order valence-electron chi connectivity index (χ0n) is 7.60. The number of hydrogen-bond acceptors (Lipinski definition) is 2. The van der Waals surface area contributed by atoms with Crippen LogP contribution in [0.3, 0.4) is 0 Å². The van der Waals surface area contributed by atoms with Gasteiger partial charge in [-0.25, -0.2) is 0 Å². The van der Waals surface area contributed by atoms with Crippen LogP contribution in [-0.2, 0) is 0 Å². The molecular weight excluding hydrogens is 154 g/mol. The summed E-state index contributed by atoms with van der Waals surface area (Å²) in [6.07, 6.45) is 7.99. The van der Waals surface area contributed by atoms with Crippen molar-refractivity contribution in [2.45, 2.75) is 30.9 Å². The van der Waals surface area contributed by atoms with Crippen LogP contribution in [0.5, 0.6) is 0 Å². The van der Waals surface area contributed by atoms with Gasteiger partial charge in [0.05, 0.1) is 0 Å². The number of rotatable bonds is 3. The van der Waals surface area contributed by atoms with E-state index in [0.717, 1.165) is 11.2 Å². The normalized spacial score (nSPS) is 32.2. The van der Waals surface area contributed by atoms with E-state index in [1.807, 2.05) is 11.8 Å². The minimum absolute atomic E-state index is 0.961. The minimum atomic E-state index is 0.961. The third-order valence-corrected chi connectivity index (χ3v) is 3.76. The van der Waals surface area contributed by atoms with Gasteiger partial charge in [-0.15, -0.1) is 0 Å². The summed E-state index contributed by atoms with van der Waals surface area (Å²) >= 11 is 2.05. The Labute approximate surface area is 74.3 Å². The van der Waals surface area contributed by atoms with Crippen molar-refractivity contribution in [1.82, 2.24) is 5.32 Å². The maximum absolute atomic E-state index is 3.26. The van der Waals surface area contributed by atoms with E-state index >= 15 is 0 Å². The molecule has 0 amide bonds. The first-order valence-corrected chi connectivity index (χ1v) is 5.83. The maximum Gasteiger partial charge on any atom is 0.00445 e. The molecule has 1 aliphatic rings. The molecule has 1 N–H and O–H groups in total. The van der Waals surface area contributed by atoms with Crippen LogP contribution in [-0.4, -0.2) is 25.1 Å². The van der Waals surface area contributed by atoms with E-state index in [9.17, 15) is 0 Å². The highest BCUT2D eigenvalue weighted by Gasteiger charge is 2.19. The van der Waals surface area contributed by atoms with Gasteiger partial charge in [0, 0.05) is 5.25 Å². The summed E-state index contributed by atoms with van der Waals surface area (Å²) in [5.41, 5.74) is 0. The topological polar surface area (TPSA) is 12.0 Å². The predicted octanol–water partition coefficient (Wildman–Crippen LogP) is 2.13. The number of thioether (sulfide) groups is 1. The fourth-order valence-corrected chi connectivity index (χ4v) is 2.60. The van der Waals surface area contributed by atoms with Crippen molar-refractivity contribution < 1.29 is 0 Å². The minimum Gasteiger partial charge on any atom is -0.319 e. The van der Waals surface area contributed by atoms with E-state index in [-0.39, 0.29) is 0 Å². The van der Waals surface area contributed by atoms with Crippen molar-refractivity contribution >= 4 is 11.8 Å². The van der Waals surface area contributed by atoms with Gasteiger partial charge in [0.2, 0.25) is 0 Å². The molecule has 2 heteroatoms. The summed E-state index contributed by atoms with van der Waals surface area (Å²) in [5.74, 6) is 0.961. The molecule has 0 aliphatic heterocycles. The van der Waals surface area contributed by atoms with Crippen molar-refractivity contribution in [3.63, 3.8) is 0 Å². The van der Waals surface area contributed by atoms with Crippen molar-refractivity contribution in [2.75, 3.05) is 19.8 Å². The second-order valence-corrected chi connectivity index (χ2v) is 4.57. The molecule has 1 rings (SSSR count). The molecular formula is C9H19NS. The molecule has 0 aromatic rings. The second kappa shape index (κ2) is 5.04. The predicted molar refractivity (Wildman–Crippen MR) is 53.2 cm³/mol. The van der Waals surface area contributed by atoms with Gasteiger partial charge in [0.25, 0.3) is 0 Å². The lowest BCUT2D eigenvalue weighted by Gasteiger charge is -2.26. The zero-order valence-corrected chi connectivity index (χ0v) is 8.41. The Kier molecular flexibility index (Phi) is 4.31. The molecule has 0 unspecified atom stereocenters. The Hall–Kier alpha value is 0.310. The molecule has 0 aromatic carbocycles. The molecule has 0 bridgehead atoms. The van der Waals surface area contributed by atoms with Gasteiger partial charge in [-0.1, -0.05) is 0 Å². The lowest BCUT2D eigenvalue weighted by atomic mass is 9.89. The van der Waals surface area contributed by atoms with Gasteiger partial charge in [-0.05, 0) is 51.4 Å². The third kappa shape index (κ3) is 3.04. The lowest BCUT2D eigenvalue weighted by Crippen LogP contribution is -2.24. The van der Waals surface area contributed by atoms with Crippen LogP contribution in [0.1, 0.15) is 25.7 Å². The Morgan fingerprint density at radius 3 is 2.36 bits per heavy atom. The van der Waals surface area contributed by atoms with Gasteiger partial charge >= 0.3 is 0 Å². The summed E-state index contributed by atoms with van der Waals surface area (Å²) in [6, 6.07) is 0. The second-order valence-electron chi connectivity index (χ2n) is 3.44. The van der Waals surface area contributed by atoms with Crippen LogP contribution < -0.4 is 5.32 Å². The van der Waals surface area contributed by atoms with Crippen molar-refractivity contribution in [1.29, 1.82) is 0 Å². The van der Waals surface area contributed by atoms with Crippen molar-refractivity contribution in [3.05, 3.63) is 0 Å². The van der Waals surface area contributed by atoms with Crippen molar-refractivity contribution in [3.8, 4) is 0 Å². The summed E-state index contributed by atoms with van der Waals surface area (Å²) in [5, 5.41) is 4.22. The molecule has 1 nitrogen and oxygen atoms in total. The van der Waals surface area contributed by atoms with Crippen molar-refractivity contribution in [2.24, 2.45) is 5.92 Å². The van der Waals surface area contributed by atoms with Gasteiger partial charge < -0.3 is 5.32 Å². The standard InChI is InChI=1S/C9H19NS/c1-10-7-8-3-5-9(11-2)6-4-8/h8-10H,3-7H2,1-2H3. The van der Waals surface area contributed by atoms with Gasteiger partial charge in [0.15, 0.2) is 0 Å².